The summed E-state index contributed by atoms with van der Waals surface area (Å²) in [5.41, 5.74) is 0. The van der Waals surface area contributed by atoms with Crippen molar-refractivity contribution < 1.29 is 4.74 Å². The number of alkyl halides is 6. The number of hydrogen-bond donors (Lipinski definition) is 1. The van der Waals surface area contributed by atoms with Crippen LogP contribution in [0.2, 0.25) is 0 Å². The van der Waals surface area contributed by atoms with E-state index in [4.69, 9.17) is 75.0 Å². The summed E-state index contributed by atoms with van der Waals surface area (Å²) in [4.78, 5) is 0. The van der Waals surface area contributed by atoms with E-state index < -0.39 is 13.5 Å². The van der Waals surface area contributed by atoms with Gasteiger partial charge < -0.3 is 4.74 Å². The summed E-state index contributed by atoms with van der Waals surface area (Å²) in [5.74, 6) is -0.584. The standard InChI is InChI=1S/C4H3Cl6NO/c5-3(6,7)1-12-2(11)4(8,9)10/h11H,1H2. The van der Waals surface area contributed by atoms with Crippen molar-refractivity contribution in [2.24, 2.45) is 0 Å². The SMILES string of the molecule is N=C(OCC(Cl)(Cl)Cl)C(Cl)(Cl)Cl. The van der Waals surface area contributed by atoms with Gasteiger partial charge in [-0.2, -0.15) is 0 Å². The van der Waals surface area contributed by atoms with E-state index in [2.05, 4.69) is 4.74 Å². The van der Waals surface area contributed by atoms with Gasteiger partial charge in [-0.15, -0.1) is 0 Å². The lowest BCUT2D eigenvalue weighted by atomic mass is 10.7. The number of halogens is 6. The predicted octanol–water partition coefficient (Wildman–Crippen LogP) is 3.72. The summed E-state index contributed by atoms with van der Waals surface area (Å²) in [5, 5.41) is 7.03. The van der Waals surface area contributed by atoms with Crippen LogP contribution in [0.4, 0.5) is 0 Å². The second-order valence-electron chi connectivity index (χ2n) is 1.73. The van der Waals surface area contributed by atoms with E-state index in [1.165, 1.54) is 0 Å². The van der Waals surface area contributed by atoms with E-state index in [1.54, 1.807) is 0 Å². The molecule has 0 aliphatic carbocycles. The lowest BCUT2D eigenvalue weighted by molar-refractivity contribution is 0.304. The molecule has 72 valence electrons. The Hall–Kier alpha value is 1.21. The van der Waals surface area contributed by atoms with E-state index in [0.29, 0.717) is 0 Å². The van der Waals surface area contributed by atoms with E-state index in [-0.39, 0.29) is 6.61 Å². The third-order valence-corrected chi connectivity index (χ3v) is 1.48. The van der Waals surface area contributed by atoms with E-state index >= 15 is 0 Å². The minimum Gasteiger partial charge on any atom is -0.474 e. The van der Waals surface area contributed by atoms with Crippen molar-refractivity contribution in [3.05, 3.63) is 0 Å². The zero-order chi connectivity index (χ0) is 9.99. The Morgan fingerprint density at radius 2 is 1.50 bits per heavy atom. The largest absolute Gasteiger partial charge is 0.474 e. The molecule has 0 fully saturated rings. The van der Waals surface area contributed by atoms with Crippen LogP contribution in [0.15, 0.2) is 0 Å². The van der Waals surface area contributed by atoms with Crippen molar-refractivity contribution in [1.82, 2.24) is 0 Å². The molecule has 0 saturated carbocycles. The highest BCUT2D eigenvalue weighted by Gasteiger charge is 2.31. The fourth-order valence-corrected chi connectivity index (χ4v) is 0.563. The lowest BCUT2D eigenvalue weighted by Gasteiger charge is -2.16. The first-order chi connectivity index (χ1) is 5.13. The highest BCUT2D eigenvalue weighted by atomic mass is 35.6. The highest BCUT2D eigenvalue weighted by Crippen LogP contribution is 2.30. The molecular weight excluding hydrogens is 291 g/mol. The monoisotopic (exact) mass is 291 g/mol. The van der Waals surface area contributed by atoms with Crippen LogP contribution in [0.1, 0.15) is 0 Å². The van der Waals surface area contributed by atoms with Crippen molar-refractivity contribution in [3.8, 4) is 0 Å². The van der Waals surface area contributed by atoms with Gasteiger partial charge >= 0.3 is 0 Å². The smallest absolute Gasteiger partial charge is 0.265 e. The fraction of sp³-hybridized carbons (Fsp3) is 0.750. The van der Waals surface area contributed by atoms with Crippen molar-refractivity contribution in [2.75, 3.05) is 6.61 Å². The molecule has 0 aromatic rings. The molecule has 0 atom stereocenters. The molecule has 0 aromatic heterocycles. The van der Waals surface area contributed by atoms with Crippen LogP contribution < -0.4 is 0 Å². The zero-order valence-electron chi connectivity index (χ0n) is 5.38. The van der Waals surface area contributed by atoms with Gasteiger partial charge in [0.15, 0.2) is 0 Å². The van der Waals surface area contributed by atoms with Crippen molar-refractivity contribution in [3.63, 3.8) is 0 Å². The minimum atomic E-state index is -1.92. The third-order valence-electron chi connectivity index (χ3n) is 0.638. The molecule has 0 saturated heterocycles. The summed E-state index contributed by atoms with van der Waals surface area (Å²) < 4.78 is 1.02. The molecule has 0 spiro atoms. The van der Waals surface area contributed by atoms with Gasteiger partial charge in [0.1, 0.15) is 6.61 Å². The normalized spacial score (nSPS) is 12.8. The Balaban J connectivity index is 3.90. The lowest BCUT2D eigenvalue weighted by Crippen LogP contribution is -2.25. The molecule has 0 bridgehead atoms. The van der Waals surface area contributed by atoms with Crippen LogP contribution in [-0.2, 0) is 4.74 Å². The molecule has 0 unspecified atom stereocenters. The average molecular weight is 294 g/mol. The second kappa shape index (κ2) is 4.63. The van der Waals surface area contributed by atoms with Gasteiger partial charge in [0.25, 0.3) is 3.79 Å². The number of hydrogen-bond acceptors (Lipinski definition) is 2. The first-order valence-electron chi connectivity index (χ1n) is 2.48. The van der Waals surface area contributed by atoms with Crippen LogP contribution in [0.3, 0.4) is 0 Å². The fourth-order valence-electron chi connectivity index (χ4n) is 0.236. The number of ether oxygens (including phenoxy) is 1. The van der Waals surface area contributed by atoms with Crippen molar-refractivity contribution in [2.45, 2.75) is 7.59 Å². The molecule has 0 aromatic carbocycles. The Morgan fingerprint density at radius 3 is 1.75 bits per heavy atom. The van der Waals surface area contributed by atoms with Gasteiger partial charge in [-0.25, -0.2) is 0 Å². The van der Waals surface area contributed by atoms with Crippen molar-refractivity contribution >= 4 is 75.5 Å². The van der Waals surface area contributed by atoms with Crippen LogP contribution >= 0.6 is 69.6 Å². The Labute approximate surface area is 99.5 Å². The maximum atomic E-state index is 7.03. The zero-order valence-corrected chi connectivity index (χ0v) is 9.92. The molecule has 0 heterocycles. The molecule has 2 nitrogen and oxygen atoms in total. The van der Waals surface area contributed by atoms with Gasteiger partial charge in [-0.05, 0) is 0 Å². The van der Waals surface area contributed by atoms with Gasteiger partial charge in [0.2, 0.25) is 9.69 Å². The Morgan fingerprint density at radius 1 is 1.08 bits per heavy atom. The third kappa shape index (κ3) is 6.70. The van der Waals surface area contributed by atoms with Gasteiger partial charge in [-0.1, -0.05) is 69.6 Å². The van der Waals surface area contributed by atoms with E-state index in [1.807, 2.05) is 0 Å². The van der Waals surface area contributed by atoms with Crippen molar-refractivity contribution in [1.29, 1.82) is 5.41 Å². The van der Waals surface area contributed by atoms with E-state index in [9.17, 15) is 0 Å². The molecule has 0 aliphatic heterocycles. The summed E-state index contributed by atoms with van der Waals surface area (Å²) in [6.45, 7) is -0.343. The number of rotatable bonds is 1. The maximum absolute atomic E-state index is 7.03. The first kappa shape index (κ1) is 13.2. The summed E-state index contributed by atoms with van der Waals surface area (Å²) in [6.07, 6.45) is 0. The van der Waals surface area contributed by atoms with Gasteiger partial charge in [0, 0.05) is 0 Å². The van der Waals surface area contributed by atoms with E-state index in [0.717, 1.165) is 0 Å². The number of nitrogens with one attached hydrogen (secondary N) is 1. The average Bonchev–Trinajstić information content (AvgIpc) is 1.78. The molecule has 12 heavy (non-hydrogen) atoms. The first-order valence-corrected chi connectivity index (χ1v) is 4.75. The van der Waals surface area contributed by atoms with Crippen LogP contribution in [0, 0.1) is 5.41 Å². The summed E-state index contributed by atoms with van der Waals surface area (Å²) in [7, 11) is 0. The molecule has 1 N–H and O–H groups in total. The van der Waals surface area contributed by atoms with Gasteiger partial charge in [0.05, 0.1) is 0 Å². The van der Waals surface area contributed by atoms with Crippen LogP contribution in [-0.4, -0.2) is 20.1 Å². The Kier molecular flexibility index (Phi) is 5.09. The second-order valence-corrected chi connectivity index (χ2v) is 6.53. The Bertz CT molecular complexity index is 169. The summed E-state index contributed by atoms with van der Waals surface area (Å²) >= 11 is 31.7. The molecule has 0 rings (SSSR count). The molecule has 0 amide bonds. The van der Waals surface area contributed by atoms with Crippen LogP contribution in [0.5, 0.6) is 0 Å². The summed E-state index contributed by atoms with van der Waals surface area (Å²) in [6, 6.07) is 0. The molecule has 8 heteroatoms. The topological polar surface area (TPSA) is 33.1 Å². The molecule has 0 aliphatic rings. The quantitative estimate of drug-likeness (QED) is 0.446. The predicted molar refractivity (Wildman–Crippen MR) is 54.3 cm³/mol. The van der Waals surface area contributed by atoms with Crippen LogP contribution in [0.25, 0.3) is 0 Å². The molecular formula is C4H3Cl6NO. The minimum absolute atomic E-state index is 0.343. The van der Waals surface area contributed by atoms with Gasteiger partial charge in [-0.3, -0.25) is 5.41 Å². The molecule has 0 radical (unpaired) electrons. The maximum Gasteiger partial charge on any atom is 0.265 e. The highest BCUT2D eigenvalue weighted by molar-refractivity contribution is 6.76.